The van der Waals surface area contributed by atoms with Crippen LogP contribution in [0.25, 0.3) is 0 Å². The molecule has 1 aliphatic heterocycles. The third kappa shape index (κ3) is 5.75. The number of ether oxygens (including phenoxy) is 2. The fourth-order valence-corrected chi connectivity index (χ4v) is 3.84. The summed E-state index contributed by atoms with van der Waals surface area (Å²) in [6, 6.07) is 3.10. The van der Waals surface area contributed by atoms with E-state index in [4.69, 9.17) is 21.1 Å². The molecule has 0 bridgehead atoms. The Kier molecular flexibility index (Phi) is 7.34. The summed E-state index contributed by atoms with van der Waals surface area (Å²) in [5.74, 6) is 0.893. The molecular weight excluding hydrogens is 394 g/mol. The van der Waals surface area contributed by atoms with Crippen molar-refractivity contribution in [3.8, 4) is 11.5 Å². The van der Waals surface area contributed by atoms with Crippen molar-refractivity contribution in [2.75, 3.05) is 39.2 Å². The number of anilines is 1. The Morgan fingerprint density at radius 1 is 1.30 bits per heavy atom. The summed E-state index contributed by atoms with van der Waals surface area (Å²) in [5, 5.41) is 4.35. The minimum atomic E-state index is -3.46. The molecule has 1 fully saturated rings. The molecule has 0 aliphatic carbocycles. The van der Waals surface area contributed by atoms with Gasteiger partial charge in [0.15, 0.2) is 0 Å². The van der Waals surface area contributed by atoms with Crippen LogP contribution in [0.3, 0.4) is 0 Å². The fourth-order valence-electron chi connectivity index (χ4n) is 2.81. The van der Waals surface area contributed by atoms with Crippen LogP contribution in [0.15, 0.2) is 24.1 Å². The number of nitrogens with zero attached hydrogens (tertiary/aromatic N) is 1. The zero-order valence-electron chi connectivity index (χ0n) is 15.3. The normalized spacial score (nSPS) is 15.3. The van der Waals surface area contributed by atoms with Gasteiger partial charge in [0, 0.05) is 36.7 Å². The summed E-state index contributed by atoms with van der Waals surface area (Å²) >= 11 is 6.07. The van der Waals surface area contributed by atoms with E-state index in [0.29, 0.717) is 48.1 Å². The van der Waals surface area contributed by atoms with Gasteiger partial charge in [-0.25, -0.2) is 13.1 Å². The van der Waals surface area contributed by atoms with E-state index in [2.05, 4.69) is 16.6 Å². The van der Waals surface area contributed by atoms with Crippen molar-refractivity contribution in [2.24, 2.45) is 0 Å². The van der Waals surface area contributed by atoms with E-state index in [9.17, 15) is 13.2 Å². The molecule has 1 saturated heterocycles. The van der Waals surface area contributed by atoms with Crippen molar-refractivity contribution in [1.82, 2.24) is 9.62 Å². The molecule has 2 rings (SSSR count). The van der Waals surface area contributed by atoms with E-state index in [-0.39, 0.29) is 18.5 Å². The van der Waals surface area contributed by atoms with Crippen molar-refractivity contribution >= 4 is 33.2 Å². The van der Waals surface area contributed by atoms with E-state index >= 15 is 0 Å². The van der Waals surface area contributed by atoms with Gasteiger partial charge in [0.1, 0.15) is 11.5 Å². The fraction of sp³-hybridized carbons (Fsp3) is 0.471. The lowest BCUT2D eigenvalue weighted by molar-refractivity contribution is -0.130. The number of benzene rings is 1. The van der Waals surface area contributed by atoms with Crippen LogP contribution in [0.5, 0.6) is 11.5 Å². The van der Waals surface area contributed by atoms with E-state index < -0.39 is 10.0 Å². The lowest BCUT2D eigenvalue weighted by atomic mass is 10.1. The Morgan fingerprint density at radius 3 is 2.48 bits per heavy atom. The number of methoxy groups -OCH3 is 2. The first-order chi connectivity index (χ1) is 12.8. The first-order valence-corrected chi connectivity index (χ1v) is 10.3. The molecule has 0 aromatic heterocycles. The minimum absolute atomic E-state index is 0.0736. The molecule has 1 aromatic rings. The van der Waals surface area contributed by atoms with Crippen LogP contribution in [0.1, 0.15) is 12.8 Å². The molecule has 10 heteroatoms. The summed E-state index contributed by atoms with van der Waals surface area (Å²) in [5.41, 5.74) is 0.598. The van der Waals surface area contributed by atoms with Gasteiger partial charge in [-0.2, -0.15) is 0 Å². The van der Waals surface area contributed by atoms with E-state index in [1.54, 1.807) is 17.0 Å². The molecule has 0 radical (unpaired) electrons. The van der Waals surface area contributed by atoms with Gasteiger partial charge in [0.25, 0.3) is 0 Å². The van der Waals surface area contributed by atoms with Gasteiger partial charge in [0.2, 0.25) is 15.9 Å². The second-order valence-corrected chi connectivity index (χ2v) is 8.09. The Hall–Kier alpha value is -1.97. The molecule has 2 N–H and O–H groups in total. The van der Waals surface area contributed by atoms with Gasteiger partial charge in [0.05, 0.1) is 31.5 Å². The summed E-state index contributed by atoms with van der Waals surface area (Å²) in [7, 11) is -0.438. The van der Waals surface area contributed by atoms with Gasteiger partial charge in [-0.1, -0.05) is 18.2 Å². The van der Waals surface area contributed by atoms with Crippen LogP contribution in [0, 0.1) is 0 Å². The van der Waals surface area contributed by atoms with Gasteiger partial charge >= 0.3 is 0 Å². The Bertz CT molecular complexity index is 792. The predicted molar refractivity (Wildman–Crippen MR) is 105 cm³/mol. The number of carbonyl (C=O) groups is 1. The number of hydrogen-bond donors (Lipinski definition) is 2. The minimum Gasteiger partial charge on any atom is -0.495 e. The van der Waals surface area contributed by atoms with E-state index in [1.807, 2.05) is 0 Å². The predicted octanol–water partition coefficient (Wildman–Crippen LogP) is 1.82. The number of hydrogen-bond acceptors (Lipinski definition) is 6. The number of likely N-dealkylation sites (tertiary alicyclic amines) is 1. The quantitative estimate of drug-likeness (QED) is 0.669. The maximum atomic E-state index is 12.5. The van der Waals surface area contributed by atoms with Crippen LogP contribution in [0.4, 0.5) is 5.69 Å². The number of sulfonamides is 1. The average molecular weight is 418 g/mol. The lowest BCUT2D eigenvalue weighted by Crippen LogP contribution is -2.47. The highest BCUT2D eigenvalue weighted by atomic mass is 35.5. The molecule has 27 heavy (non-hydrogen) atoms. The topological polar surface area (TPSA) is 97.0 Å². The van der Waals surface area contributed by atoms with Gasteiger partial charge in [-0.15, -0.1) is 0 Å². The molecule has 150 valence electrons. The second-order valence-electron chi connectivity index (χ2n) is 6.03. The third-order valence-electron chi connectivity index (χ3n) is 4.30. The van der Waals surface area contributed by atoms with Crippen LogP contribution in [-0.4, -0.2) is 59.1 Å². The van der Waals surface area contributed by atoms with Crippen LogP contribution >= 0.6 is 11.6 Å². The monoisotopic (exact) mass is 417 g/mol. The molecule has 0 unspecified atom stereocenters. The van der Waals surface area contributed by atoms with Crippen molar-refractivity contribution < 1.29 is 22.7 Å². The molecular formula is C17H24ClN3O5S. The van der Waals surface area contributed by atoms with E-state index in [1.165, 1.54) is 14.2 Å². The Morgan fingerprint density at radius 2 is 1.93 bits per heavy atom. The summed E-state index contributed by atoms with van der Waals surface area (Å²) in [4.78, 5) is 14.2. The Balaban J connectivity index is 1.91. The summed E-state index contributed by atoms with van der Waals surface area (Å²) in [6.45, 7) is 4.31. The van der Waals surface area contributed by atoms with Crippen molar-refractivity contribution in [2.45, 2.75) is 18.9 Å². The third-order valence-corrected chi connectivity index (χ3v) is 5.70. The molecule has 0 atom stereocenters. The molecule has 0 saturated carbocycles. The van der Waals surface area contributed by atoms with Crippen LogP contribution in [0.2, 0.25) is 5.02 Å². The highest BCUT2D eigenvalue weighted by Gasteiger charge is 2.25. The number of piperidine rings is 1. The zero-order valence-corrected chi connectivity index (χ0v) is 16.9. The number of nitrogens with one attached hydrogen (secondary N) is 2. The van der Waals surface area contributed by atoms with Gasteiger partial charge < -0.3 is 19.7 Å². The highest BCUT2D eigenvalue weighted by molar-refractivity contribution is 7.92. The summed E-state index contributed by atoms with van der Waals surface area (Å²) in [6.07, 6.45) is 1.10. The van der Waals surface area contributed by atoms with Crippen molar-refractivity contribution in [3.63, 3.8) is 0 Å². The van der Waals surface area contributed by atoms with Gasteiger partial charge in [-0.3, -0.25) is 4.79 Å². The van der Waals surface area contributed by atoms with E-state index in [0.717, 1.165) is 5.41 Å². The maximum absolute atomic E-state index is 12.5. The lowest BCUT2D eigenvalue weighted by Gasteiger charge is -2.32. The molecule has 8 nitrogen and oxygen atoms in total. The SMILES string of the molecule is C=CS(=O)(=O)NC1CCN(C(=O)CNc2cc(OC)c(Cl)cc2OC)CC1. The standard InChI is InChI=1S/C17H24ClN3O5S/c1-4-27(23,24)20-12-5-7-21(8-6-12)17(22)11-19-14-10-15(25-2)13(18)9-16(14)26-3/h4,9-10,12,19-20H,1,5-8,11H2,2-3H3. The zero-order chi connectivity index (χ0) is 20.0. The largest absolute Gasteiger partial charge is 0.495 e. The maximum Gasteiger partial charge on any atom is 0.241 e. The van der Waals surface area contributed by atoms with Gasteiger partial charge in [-0.05, 0) is 12.8 Å². The molecule has 1 aromatic carbocycles. The average Bonchev–Trinajstić information content (AvgIpc) is 2.66. The van der Waals surface area contributed by atoms with Crippen molar-refractivity contribution in [1.29, 1.82) is 0 Å². The second kappa shape index (κ2) is 9.29. The summed E-state index contributed by atoms with van der Waals surface area (Å²) < 4.78 is 36.1. The molecule has 1 amide bonds. The molecule has 0 spiro atoms. The highest BCUT2D eigenvalue weighted by Crippen LogP contribution is 2.35. The first kappa shape index (κ1) is 21.3. The van der Waals surface area contributed by atoms with Crippen LogP contribution < -0.4 is 19.5 Å². The number of amides is 1. The molecule has 1 aliphatic rings. The first-order valence-electron chi connectivity index (χ1n) is 8.37. The van der Waals surface area contributed by atoms with Crippen molar-refractivity contribution in [3.05, 3.63) is 29.1 Å². The van der Waals surface area contributed by atoms with Crippen LogP contribution in [-0.2, 0) is 14.8 Å². The number of halogens is 1. The Labute approximate surface area is 164 Å². The smallest absolute Gasteiger partial charge is 0.241 e. The number of rotatable bonds is 8. The number of carbonyl (C=O) groups excluding carboxylic acids is 1. The molecule has 1 heterocycles.